The van der Waals surface area contributed by atoms with Crippen molar-refractivity contribution in [1.29, 1.82) is 0 Å². The maximum Gasteiger partial charge on any atom is 0.157 e. The van der Waals surface area contributed by atoms with Crippen LogP contribution < -0.4 is 0 Å². The highest BCUT2D eigenvalue weighted by Gasteiger charge is 2.09. The zero-order valence-electron chi connectivity index (χ0n) is 21.7. The van der Waals surface area contributed by atoms with Crippen molar-refractivity contribution >= 4 is 11.6 Å². The Hall–Kier alpha value is -0.230. The molecule has 190 valence electrons. The number of rotatable bonds is 25. The van der Waals surface area contributed by atoms with E-state index in [1.165, 1.54) is 109 Å². The molecule has 0 N–H and O–H groups in total. The molecule has 0 amide bonds. The molecule has 0 atom stereocenters. The minimum Gasteiger partial charge on any atom is -0.353 e. The summed E-state index contributed by atoms with van der Waals surface area (Å²) in [4.78, 5) is 0. The van der Waals surface area contributed by atoms with E-state index in [9.17, 15) is 0 Å². The summed E-state index contributed by atoms with van der Waals surface area (Å²) < 4.78 is 12.3. The molecule has 0 aromatic rings. The molecule has 0 saturated heterocycles. The summed E-state index contributed by atoms with van der Waals surface area (Å²) in [5, 5.41) is 0. The monoisotopic (exact) mass is 470 g/mol. The second-order valence-electron chi connectivity index (χ2n) is 9.16. The first-order valence-corrected chi connectivity index (χ1v) is 14.6. The highest BCUT2D eigenvalue weighted by atomic mass is 35.5. The fraction of sp³-hybridized carbons (Fsp3) is 0.931. The Morgan fingerprint density at radius 3 is 1.47 bits per heavy atom. The van der Waals surface area contributed by atoms with Gasteiger partial charge in [-0.1, -0.05) is 97.3 Å². The number of halogens is 1. The summed E-state index contributed by atoms with van der Waals surface area (Å²) >= 11 is 5.68. The van der Waals surface area contributed by atoms with Gasteiger partial charge in [0.2, 0.25) is 0 Å². The smallest absolute Gasteiger partial charge is 0.157 e. The molecule has 0 fully saturated rings. The van der Waals surface area contributed by atoms with Crippen molar-refractivity contribution in [2.75, 3.05) is 19.1 Å². The molecule has 0 aliphatic rings. The van der Waals surface area contributed by atoms with E-state index in [0.29, 0.717) is 5.88 Å². The molecule has 0 aliphatic heterocycles. The van der Waals surface area contributed by atoms with Crippen LogP contribution in [0.15, 0.2) is 0 Å². The van der Waals surface area contributed by atoms with Gasteiger partial charge < -0.3 is 9.47 Å². The van der Waals surface area contributed by atoms with Gasteiger partial charge in [0.1, 0.15) is 0 Å². The van der Waals surface area contributed by atoms with E-state index >= 15 is 0 Å². The van der Waals surface area contributed by atoms with E-state index in [1.54, 1.807) is 0 Å². The molecule has 0 radical (unpaired) electrons. The van der Waals surface area contributed by atoms with Gasteiger partial charge in [-0.05, 0) is 38.5 Å². The lowest BCUT2D eigenvalue weighted by molar-refractivity contribution is -0.148. The maximum atomic E-state index is 6.14. The molecule has 0 heterocycles. The van der Waals surface area contributed by atoms with Crippen LogP contribution in [0, 0.1) is 11.8 Å². The Morgan fingerprint density at radius 2 is 0.969 bits per heavy atom. The van der Waals surface area contributed by atoms with E-state index in [1.807, 2.05) is 0 Å². The SMILES string of the molecule is CCCCCCCCCOC(CCCCCC#CCCCCl)OCCCCCCCCC. The summed E-state index contributed by atoms with van der Waals surface area (Å²) in [6.45, 7) is 6.25. The van der Waals surface area contributed by atoms with Crippen LogP contribution >= 0.6 is 11.6 Å². The minimum absolute atomic E-state index is 0.00927. The Bertz CT molecular complexity index is 382. The lowest BCUT2D eigenvalue weighted by Gasteiger charge is -2.19. The van der Waals surface area contributed by atoms with E-state index in [-0.39, 0.29) is 6.29 Å². The van der Waals surface area contributed by atoms with E-state index in [4.69, 9.17) is 21.1 Å². The van der Waals surface area contributed by atoms with Crippen LogP contribution in [0.25, 0.3) is 0 Å². The lowest BCUT2D eigenvalue weighted by Crippen LogP contribution is -2.19. The first kappa shape index (κ1) is 31.8. The van der Waals surface area contributed by atoms with Crippen molar-refractivity contribution < 1.29 is 9.47 Å². The highest BCUT2D eigenvalue weighted by Crippen LogP contribution is 2.13. The fourth-order valence-electron chi connectivity index (χ4n) is 3.80. The quantitative estimate of drug-likeness (QED) is 0.0571. The molecule has 0 aromatic carbocycles. The number of ether oxygens (including phenoxy) is 2. The van der Waals surface area contributed by atoms with Crippen molar-refractivity contribution in [2.24, 2.45) is 0 Å². The average molecular weight is 471 g/mol. The standard InChI is InChI=1S/C29H55ClO2/c1-3-5-7-9-15-19-23-27-31-29(32-28-24-20-16-10-8-6-4-2)25-21-17-13-11-12-14-18-22-26-30/h29H,3-11,13,15-28H2,1-2H3. The largest absolute Gasteiger partial charge is 0.353 e. The highest BCUT2D eigenvalue weighted by molar-refractivity contribution is 6.17. The summed E-state index contributed by atoms with van der Waals surface area (Å²) in [6.07, 6.45) is 26.0. The van der Waals surface area contributed by atoms with Crippen LogP contribution in [0.4, 0.5) is 0 Å². The average Bonchev–Trinajstić information content (AvgIpc) is 2.80. The van der Waals surface area contributed by atoms with Crippen molar-refractivity contribution in [2.45, 2.75) is 155 Å². The normalized spacial score (nSPS) is 11.1. The third-order valence-electron chi connectivity index (χ3n) is 5.91. The van der Waals surface area contributed by atoms with Gasteiger partial charge in [0.15, 0.2) is 6.29 Å². The van der Waals surface area contributed by atoms with Crippen molar-refractivity contribution in [1.82, 2.24) is 0 Å². The fourth-order valence-corrected chi connectivity index (χ4v) is 3.93. The van der Waals surface area contributed by atoms with E-state index < -0.39 is 0 Å². The van der Waals surface area contributed by atoms with Gasteiger partial charge >= 0.3 is 0 Å². The number of hydrogen-bond donors (Lipinski definition) is 0. The zero-order chi connectivity index (χ0) is 23.4. The molecule has 32 heavy (non-hydrogen) atoms. The number of alkyl halides is 1. The zero-order valence-corrected chi connectivity index (χ0v) is 22.5. The van der Waals surface area contributed by atoms with Crippen molar-refractivity contribution in [3.63, 3.8) is 0 Å². The summed E-state index contributed by atoms with van der Waals surface area (Å²) in [6, 6.07) is 0. The predicted molar refractivity (Wildman–Crippen MR) is 142 cm³/mol. The first-order valence-electron chi connectivity index (χ1n) is 14.1. The molecule has 2 nitrogen and oxygen atoms in total. The van der Waals surface area contributed by atoms with E-state index in [0.717, 1.165) is 38.9 Å². The number of hydrogen-bond acceptors (Lipinski definition) is 2. The van der Waals surface area contributed by atoms with Crippen LogP contribution in [0.1, 0.15) is 149 Å². The Morgan fingerprint density at radius 1 is 0.531 bits per heavy atom. The van der Waals surface area contributed by atoms with Crippen LogP contribution in [0.5, 0.6) is 0 Å². The van der Waals surface area contributed by atoms with E-state index in [2.05, 4.69) is 25.7 Å². The molecular weight excluding hydrogens is 416 g/mol. The Labute approximate surface area is 206 Å². The van der Waals surface area contributed by atoms with Gasteiger partial charge in [-0.2, -0.15) is 0 Å². The summed E-state index contributed by atoms with van der Waals surface area (Å²) in [5.41, 5.74) is 0. The van der Waals surface area contributed by atoms with Gasteiger partial charge in [-0.15, -0.1) is 23.4 Å². The van der Waals surface area contributed by atoms with Crippen molar-refractivity contribution in [3.8, 4) is 11.8 Å². The minimum atomic E-state index is -0.00927. The summed E-state index contributed by atoms with van der Waals surface area (Å²) in [5.74, 6) is 7.20. The van der Waals surface area contributed by atoms with Crippen LogP contribution in [-0.4, -0.2) is 25.4 Å². The first-order chi connectivity index (χ1) is 15.8. The van der Waals surface area contributed by atoms with Gasteiger partial charge in [0.25, 0.3) is 0 Å². The number of unbranched alkanes of at least 4 members (excludes halogenated alkanes) is 16. The Balaban J connectivity index is 3.90. The molecular formula is C29H55ClO2. The third kappa shape index (κ3) is 26.0. The van der Waals surface area contributed by atoms with Gasteiger partial charge in [0, 0.05) is 31.9 Å². The second kappa shape index (κ2) is 28.8. The maximum absolute atomic E-state index is 6.14. The Kier molecular flexibility index (Phi) is 28.6. The third-order valence-corrected chi connectivity index (χ3v) is 6.17. The lowest BCUT2D eigenvalue weighted by atomic mass is 10.1. The van der Waals surface area contributed by atoms with Gasteiger partial charge in [-0.25, -0.2) is 0 Å². The molecule has 0 rings (SSSR count). The van der Waals surface area contributed by atoms with Gasteiger partial charge in [-0.3, -0.25) is 0 Å². The molecule has 0 unspecified atom stereocenters. The molecule has 0 aromatic heterocycles. The molecule has 0 saturated carbocycles. The predicted octanol–water partition coefficient (Wildman–Crippen LogP) is 9.82. The van der Waals surface area contributed by atoms with Crippen LogP contribution in [0.2, 0.25) is 0 Å². The molecule has 0 aliphatic carbocycles. The molecule has 0 bridgehead atoms. The summed E-state index contributed by atoms with van der Waals surface area (Å²) in [7, 11) is 0. The van der Waals surface area contributed by atoms with Gasteiger partial charge in [0.05, 0.1) is 0 Å². The van der Waals surface area contributed by atoms with Crippen molar-refractivity contribution in [3.05, 3.63) is 0 Å². The van der Waals surface area contributed by atoms with Crippen LogP contribution in [-0.2, 0) is 9.47 Å². The van der Waals surface area contributed by atoms with Crippen LogP contribution in [0.3, 0.4) is 0 Å². The second-order valence-corrected chi connectivity index (χ2v) is 9.54. The molecule has 3 heteroatoms. The molecule has 0 spiro atoms. The topological polar surface area (TPSA) is 18.5 Å².